The number of fused-ring (bicyclic) bond motifs is 1. The Labute approximate surface area is 217 Å². The monoisotopic (exact) mass is 493 g/mol. The first-order chi connectivity index (χ1) is 18.1. The van der Waals surface area contributed by atoms with Gasteiger partial charge in [-0.3, -0.25) is 14.6 Å². The van der Waals surface area contributed by atoms with E-state index in [-0.39, 0.29) is 18.0 Å². The van der Waals surface area contributed by atoms with E-state index >= 15 is 0 Å². The summed E-state index contributed by atoms with van der Waals surface area (Å²) in [7, 11) is 0. The molecule has 6 nitrogen and oxygen atoms in total. The Morgan fingerprint density at radius 1 is 0.838 bits per heavy atom. The number of ether oxygens (including phenoxy) is 1. The van der Waals surface area contributed by atoms with Crippen molar-refractivity contribution in [2.24, 2.45) is 0 Å². The van der Waals surface area contributed by atoms with Gasteiger partial charge in [-0.2, -0.15) is 0 Å². The van der Waals surface area contributed by atoms with Crippen LogP contribution in [-0.2, 0) is 16.9 Å². The number of piperazine rings is 1. The topological polar surface area (TPSA) is 53.1 Å². The summed E-state index contributed by atoms with van der Waals surface area (Å²) in [5.74, 6) is -0.0125. The molecule has 0 spiro atoms. The van der Waals surface area contributed by atoms with Crippen LogP contribution in [-0.4, -0.2) is 65.5 Å². The van der Waals surface area contributed by atoms with Crippen LogP contribution in [0.3, 0.4) is 0 Å². The van der Waals surface area contributed by atoms with E-state index in [0.29, 0.717) is 25.2 Å². The molecule has 0 aromatic heterocycles. The van der Waals surface area contributed by atoms with Gasteiger partial charge in [0.25, 0.3) is 5.91 Å². The first-order valence-electron chi connectivity index (χ1n) is 13.0. The number of cyclic esters (lactones) is 1. The molecule has 0 bridgehead atoms. The largest absolute Gasteiger partial charge is 0.431 e. The molecule has 1 atom stereocenters. The van der Waals surface area contributed by atoms with Gasteiger partial charge < -0.3 is 9.64 Å². The summed E-state index contributed by atoms with van der Waals surface area (Å²) in [5.41, 5.74) is 2.72. The number of hydrogen-bond donors (Lipinski definition) is 0. The Kier molecular flexibility index (Phi) is 6.26. The van der Waals surface area contributed by atoms with Gasteiger partial charge in [0.2, 0.25) is 0 Å². The fourth-order valence-electron chi connectivity index (χ4n) is 5.87. The third-order valence-corrected chi connectivity index (χ3v) is 7.77. The zero-order chi connectivity index (χ0) is 25.2. The summed E-state index contributed by atoms with van der Waals surface area (Å²) in [6.07, 6.45) is 5.19. The molecule has 3 aromatic carbocycles. The second-order valence-corrected chi connectivity index (χ2v) is 9.99. The van der Waals surface area contributed by atoms with Crippen molar-refractivity contribution in [1.29, 1.82) is 0 Å². The van der Waals surface area contributed by atoms with Gasteiger partial charge in [-0.15, -0.1) is 0 Å². The van der Waals surface area contributed by atoms with Crippen LogP contribution < -0.4 is 0 Å². The Hall–Kier alpha value is -3.90. The number of benzene rings is 3. The number of hydrogen-bond acceptors (Lipinski definition) is 4. The number of amides is 2. The second-order valence-electron chi connectivity index (χ2n) is 9.99. The number of carbonyl (C=O) groups is 2. The predicted octanol–water partition coefficient (Wildman–Crippen LogP) is 4.67. The molecule has 188 valence electrons. The molecular weight excluding hydrogens is 462 g/mol. The minimum absolute atomic E-state index is 0.0125. The molecule has 2 amide bonds. The van der Waals surface area contributed by atoms with Crippen molar-refractivity contribution in [1.82, 2.24) is 14.7 Å². The van der Waals surface area contributed by atoms with Crippen LogP contribution >= 0.6 is 0 Å². The number of rotatable bonds is 5. The fraction of sp³-hybridized carbons (Fsp3) is 0.290. The van der Waals surface area contributed by atoms with Crippen molar-refractivity contribution >= 4 is 12.0 Å². The Morgan fingerprint density at radius 2 is 1.51 bits per heavy atom. The molecule has 2 saturated heterocycles. The normalized spacial score (nSPS) is 21.0. The maximum absolute atomic E-state index is 13.6. The highest BCUT2D eigenvalue weighted by Gasteiger charge is 2.58. The maximum Gasteiger partial charge on any atom is 0.411 e. The van der Waals surface area contributed by atoms with Crippen molar-refractivity contribution in [3.8, 4) is 0 Å². The first kappa shape index (κ1) is 23.5. The molecule has 6 heteroatoms. The maximum atomic E-state index is 13.6. The second kappa shape index (κ2) is 9.87. The van der Waals surface area contributed by atoms with Crippen molar-refractivity contribution in [2.75, 3.05) is 32.7 Å². The van der Waals surface area contributed by atoms with E-state index < -0.39 is 5.60 Å². The van der Waals surface area contributed by atoms with Crippen LogP contribution in [0.15, 0.2) is 97.1 Å². The standard InChI is InChI=1S/C31H31N3O3/c35-29(25-16-14-24(15-17-25)22-32-18-8-3-9-19-32)33-20-21-34-28(23-33)31(37-30(34)36,26-10-4-1-5-11-26)27-12-6-2-7-13-27/h1-8,10-17,28H,9,18-23H2. The van der Waals surface area contributed by atoms with E-state index in [1.165, 1.54) is 5.56 Å². The summed E-state index contributed by atoms with van der Waals surface area (Å²) in [5, 5.41) is 0. The van der Waals surface area contributed by atoms with E-state index in [9.17, 15) is 9.59 Å². The van der Waals surface area contributed by atoms with Crippen LogP contribution in [0.25, 0.3) is 0 Å². The van der Waals surface area contributed by atoms with Crippen molar-refractivity contribution in [2.45, 2.75) is 24.6 Å². The van der Waals surface area contributed by atoms with E-state index in [0.717, 1.165) is 37.2 Å². The molecule has 3 aromatic rings. The smallest absolute Gasteiger partial charge is 0.411 e. The molecule has 6 rings (SSSR count). The zero-order valence-electron chi connectivity index (χ0n) is 20.8. The fourth-order valence-corrected chi connectivity index (χ4v) is 5.87. The van der Waals surface area contributed by atoms with Gasteiger partial charge in [-0.05, 0) is 24.1 Å². The van der Waals surface area contributed by atoms with Crippen LogP contribution in [0.5, 0.6) is 0 Å². The lowest BCUT2D eigenvalue weighted by Gasteiger charge is -2.42. The number of nitrogens with zero attached hydrogens (tertiary/aromatic N) is 3. The third-order valence-electron chi connectivity index (χ3n) is 7.77. The van der Waals surface area contributed by atoms with Gasteiger partial charge in [-0.1, -0.05) is 84.9 Å². The van der Waals surface area contributed by atoms with Crippen LogP contribution in [0.2, 0.25) is 0 Å². The third kappa shape index (κ3) is 4.31. The average molecular weight is 494 g/mol. The summed E-state index contributed by atoms with van der Waals surface area (Å²) >= 11 is 0. The summed E-state index contributed by atoms with van der Waals surface area (Å²) in [6.45, 7) is 4.24. The minimum Gasteiger partial charge on any atom is -0.431 e. The van der Waals surface area contributed by atoms with Gasteiger partial charge in [0.15, 0.2) is 5.60 Å². The van der Waals surface area contributed by atoms with Gasteiger partial charge in [0, 0.05) is 56.0 Å². The summed E-state index contributed by atoms with van der Waals surface area (Å²) < 4.78 is 6.23. The van der Waals surface area contributed by atoms with Gasteiger partial charge >= 0.3 is 6.09 Å². The highest BCUT2D eigenvalue weighted by atomic mass is 16.6. The first-order valence-corrected chi connectivity index (χ1v) is 13.0. The molecule has 37 heavy (non-hydrogen) atoms. The molecule has 0 saturated carbocycles. The van der Waals surface area contributed by atoms with E-state index in [4.69, 9.17) is 4.74 Å². The zero-order valence-corrected chi connectivity index (χ0v) is 20.8. The van der Waals surface area contributed by atoms with E-state index in [1.54, 1.807) is 4.90 Å². The van der Waals surface area contributed by atoms with Gasteiger partial charge in [0.05, 0.1) is 0 Å². The Balaban J connectivity index is 1.26. The van der Waals surface area contributed by atoms with Crippen molar-refractivity contribution in [3.63, 3.8) is 0 Å². The molecule has 2 fully saturated rings. The Morgan fingerprint density at radius 3 is 2.14 bits per heavy atom. The van der Waals surface area contributed by atoms with Crippen LogP contribution in [0.1, 0.15) is 33.5 Å². The SMILES string of the molecule is O=C(c1ccc(CN2CC=CCC2)cc1)N1CCN2C(=O)OC(c3ccccc3)(c3ccccc3)C2C1. The molecule has 3 heterocycles. The molecule has 3 aliphatic heterocycles. The molecular formula is C31H31N3O3. The lowest BCUT2D eigenvalue weighted by molar-refractivity contribution is 0.0372. The van der Waals surface area contributed by atoms with Gasteiger partial charge in [0.1, 0.15) is 6.04 Å². The summed E-state index contributed by atoms with van der Waals surface area (Å²) in [4.78, 5) is 32.8. The van der Waals surface area contributed by atoms with E-state index in [2.05, 4.69) is 29.2 Å². The quantitative estimate of drug-likeness (QED) is 0.485. The lowest BCUT2D eigenvalue weighted by Crippen LogP contribution is -2.58. The average Bonchev–Trinajstić information content (AvgIpc) is 3.27. The predicted molar refractivity (Wildman–Crippen MR) is 142 cm³/mol. The molecule has 0 radical (unpaired) electrons. The number of carbonyl (C=O) groups excluding carboxylic acids is 2. The highest BCUT2D eigenvalue weighted by Crippen LogP contribution is 2.45. The summed E-state index contributed by atoms with van der Waals surface area (Å²) in [6, 6.07) is 27.4. The van der Waals surface area contributed by atoms with E-state index in [1.807, 2.05) is 77.7 Å². The van der Waals surface area contributed by atoms with Crippen LogP contribution in [0, 0.1) is 0 Å². The lowest BCUT2D eigenvalue weighted by atomic mass is 9.79. The molecule has 0 N–H and O–H groups in total. The van der Waals surface area contributed by atoms with Crippen LogP contribution in [0.4, 0.5) is 4.79 Å². The minimum atomic E-state index is -0.981. The molecule has 1 unspecified atom stereocenters. The Bertz CT molecular complexity index is 1250. The van der Waals surface area contributed by atoms with Crippen molar-refractivity contribution in [3.05, 3.63) is 119 Å². The highest BCUT2D eigenvalue weighted by molar-refractivity contribution is 5.94. The molecule has 0 aliphatic carbocycles. The molecule has 3 aliphatic rings. The van der Waals surface area contributed by atoms with Crippen molar-refractivity contribution < 1.29 is 14.3 Å². The van der Waals surface area contributed by atoms with Gasteiger partial charge in [-0.25, -0.2) is 4.79 Å².